The minimum Gasteiger partial charge on any atom is -0.467 e. The van der Waals surface area contributed by atoms with E-state index in [0.29, 0.717) is 21.8 Å². The van der Waals surface area contributed by atoms with Gasteiger partial charge in [0, 0.05) is 11.2 Å². The average Bonchev–Trinajstić information content (AvgIpc) is 3.17. The van der Waals surface area contributed by atoms with E-state index in [1.165, 1.54) is 15.4 Å². The molecule has 0 spiro atoms. The molecule has 0 aliphatic carbocycles. The lowest BCUT2D eigenvalue weighted by molar-refractivity contribution is 0.479. The molecule has 0 fully saturated rings. The second-order valence-electron chi connectivity index (χ2n) is 5.84. The Kier molecular flexibility index (Phi) is 4.18. The van der Waals surface area contributed by atoms with Gasteiger partial charge in [0.25, 0.3) is 5.56 Å². The maximum Gasteiger partial charge on any atom is 0.333 e. The van der Waals surface area contributed by atoms with Crippen molar-refractivity contribution < 1.29 is 4.42 Å². The summed E-state index contributed by atoms with van der Waals surface area (Å²) >= 11 is 5.93. The van der Waals surface area contributed by atoms with Gasteiger partial charge in [-0.1, -0.05) is 23.7 Å². The van der Waals surface area contributed by atoms with Crippen molar-refractivity contribution in [3.8, 4) is 0 Å². The fourth-order valence-electron chi connectivity index (χ4n) is 2.86. The molecule has 0 saturated heterocycles. The van der Waals surface area contributed by atoms with Gasteiger partial charge in [0.1, 0.15) is 11.4 Å². The number of fused-ring (bicyclic) bond motifs is 1. The topological polar surface area (TPSA) is 70.0 Å². The summed E-state index contributed by atoms with van der Waals surface area (Å²) in [5.41, 5.74) is 0.411. The van der Waals surface area contributed by atoms with Crippen molar-refractivity contribution in [2.45, 2.75) is 13.1 Å². The first kappa shape index (κ1) is 16.4. The zero-order valence-electron chi connectivity index (χ0n) is 13.6. The van der Waals surface area contributed by atoms with Crippen molar-refractivity contribution in [2.75, 3.05) is 0 Å². The summed E-state index contributed by atoms with van der Waals surface area (Å²) in [6, 6.07) is 14.0. The summed E-state index contributed by atoms with van der Waals surface area (Å²) in [4.78, 5) is 30.0. The van der Waals surface area contributed by atoms with E-state index in [0.717, 1.165) is 5.56 Å². The first-order chi connectivity index (χ1) is 12.6. The number of rotatable bonds is 4. The van der Waals surface area contributed by atoms with Crippen LogP contribution in [0.15, 0.2) is 75.0 Å². The molecule has 26 heavy (non-hydrogen) atoms. The lowest BCUT2D eigenvalue weighted by Crippen LogP contribution is -2.40. The van der Waals surface area contributed by atoms with Gasteiger partial charge in [-0.25, -0.2) is 9.78 Å². The molecule has 0 unspecified atom stereocenters. The Morgan fingerprint density at radius 3 is 2.50 bits per heavy atom. The highest BCUT2D eigenvalue weighted by molar-refractivity contribution is 6.30. The van der Waals surface area contributed by atoms with E-state index in [1.54, 1.807) is 42.6 Å². The van der Waals surface area contributed by atoms with E-state index in [2.05, 4.69) is 4.98 Å². The third-order valence-electron chi connectivity index (χ3n) is 4.13. The molecule has 4 rings (SSSR count). The van der Waals surface area contributed by atoms with E-state index < -0.39 is 5.69 Å². The Hall–Kier alpha value is -3.12. The maximum atomic E-state index is 13.0. The van der Waals surface area contributed by atoms with E-state index in [4.69, 9.17) is 16.0 Å². The molecule has 7 heteroatoms. The summed E-state index contributed by atoms with van der Waals surface area (Å²) in [7, 11) is 0. The highest BCUT2D eigenvalue weighted by Gasteiger charge is 2.15. The van der Waals surface area contributed by atoms with Crippen LogP contribution < -0.4 is 11.2 Å². The smallest absolute Gasteiger partial charge is 0.333 e. The normalized spacial score (nSPS) is 11.1. The molecule has 0 saturated carbocycles. The Morgan fingerprint density at radius 2 is 1.77 bits per heavy atom. The second-order valence-corrected chi connectivity index (χ2v) is 6.28. The summed E-state index contributed by atoms with van der Waals surface area (Å²) in [5.74, 6) is 0.533. The second kappa shape index (κ2) is 6.65. The van der Waals surface area contributed by atoms with E-state index >= 15 is 0 Å². The van der Waals surface area contributed by atoms with Crippen LogP contribution in [0.25, 0.3) is 11.0 Å². The summed E-state index contributed by atoms with van der Waals surface area (Å²) in [6.07, 6.45) is 3.08. The van der Waals surface area contributed by atoms with Crippen LogP contribution in [0.3, 0.4) is 0 Å². The third-order valence-corrected chi connectivity index (χ3v) is 4.38. The summed E-state index contributed by atoms with van der Waals surface area (Å²) < 4.78 is 7.95. The molecule has 0 bridgehead atoms. The molecule has 6 nitrogen and oxygen atoms in total. The molecule has 0 amide bonds. The molecule has 0 aliphatic heterocycles. The van der Waals surface area contributed by atoms with Crippen LogP contribution in [-0.2, 0) is 13.1 Å². The Labute approximate surface area is 152 Å². The number of hydrogen-bond donors (Lipinski definition) is 0. The largest absolute Gasteiger partial charge is 0.467 e. The van der Waals surface area contributed by atoms with Crippen LogP contribution in [0, 0.1) is 0 Å². The van der Waals surface area contributed by atoms with Crippen molar-refractivity contribution in [1.29, 1.82) is 0 Å². The molecule has 0 radical (unpaired) electrons. The standard InChI is InChI=1S/C19H14ClN3O3/c20-14-7-5-13(6-8-14)11-22-17-16(4-1-9-21-17)18(24)23(19(22)25)12-15-3-2-10-26-15/h1-10H,11-12H2. The molecule has 0 atom stereocenters. The molecular weight excluding hydrogens is 354 g/mol. The van der Waals surface area contributed by atoms with Gasteiger partial charge in [-0.05, 0) is 42.0 Å². The van der Waals surface area contributed by atoms with Crippen LogP contribution in [0.5, 0.6) is 0 Å². The number of pyridine rings is 1. The third kappa shape index (κ3) is 2.95. The molecule has 3 aromatic heterocycles. The summed E-state index contributed by atoms with van der Waals surface area (Å²) in [6.45, 7) is 0.345. The number of furan rings is 1. The number of benzene rings is 1. The molecule has 4 aromatic rings. The van der Waals surface area contributed by atoms with Crippen LogP contribution in [0.1, 0.15) is 11.3 Å². The van der Waals surface area contributed by atoms with E-state index in [-0.39, 0.29) is 18.6 Å². The predicted octanol–water partition coefficient (Wildman–Crippen LogP) is 2.90. The fourth-order valence-corrected chi connectivity index (χ4v) is 2.99. The average molecular weight is 368 g/mol. The molecule has 0 N–H and O–H groups in total. The molecule has 130 valence electrons. The zero-order chi connectivity index (χ0) is 18.1. The molecule has 1 aromatic carbocycles. The van der Waals surface area contributed by atoms with Gasteiger partial charge in [-0.15, -0.1) is 0 Å². The van der Waals surface area contributed by atoms with Gasteiger partial charge < -0.3 is 4.42 Å². The predicted molar refractivity (Wildman–Crippen MR) is 98.6 cm³/mol. The highest BCUT2D eigenvalue weighted by Crippen LogP contribution is 2.12. The van der Waals surface area contributed by atoms with Crippen LogP contribution >= 0.6 is 11.6 Å². The van der Waals surface area contributed by atoms with Gasteiger partial charge >= 0.3 is 5.69 Å². The Bertz CT molecular complexity index is 1180. The van der Waals surface area contributed by atoms with Gasteiger partial charge in [-0.3, -0.25) is 13.9 Å². The van der Waals surface area contributed by atoms with Crippen molar-refractivity contribution in [1.82, 2.24) is 14.1 Å². The minimum absolute atomic E-state index is 0.0656. The van der Waals surface area contributed by atoms with Crippen molar-refractivity contribution in [2.24, 2.45) is 0 Å². The van der Waals surface area contributed by atoms with Crippen LogP contribution in [-0.4, -0.2) is 14.1 Å². The molecule has 0 aliphatic rings. The summed E-state index contributed by atoms with van der Waals surface area (Å²) in [5, 5.41) is 1.000. The van der Waals surface area contributed by atoms with E-state index in [9.17, 15) is 9.59 Å². The number of hydrogen-bond acceptors (Lipinski definition) is 4. The van der Waals surface area contributed by atoms with Crippen molar-refractivity contribution >= 4 is 22.6 Å². The number of nitrogens with zero attached hydrogens (tertiary/aromatic N) is 3. The first-order valence-electron chi connectivity index (χ1n) is 7.98. The lowest BCUT2D eigenvalue weighted by atomic mass is 10.2. The fraction of sp³-hybridized carbons (Fsp3) is 0.105. The van der Waals surface area contributed by atoms with Crippen LogP contribution in [0.4, 0.5) is 0 Å². The van der Waals surface area contributed by atoms with E-state index in [1.807, 2.05) is 12.1 Å². The highest BCUT2D eigenvalue weighted by atomic mass is 35.5. The Balaban J connectivity index is 1.91. The number of aromatic nitrogens is 3. The van der Waals surface area contributed by atoms with Gasteiger partial charge in [-0.2, -0.15) is 0 Å². The van der Waals surface area contributed by atoms with Gasteiger partial charge in [0.2, 0.25) is 0 Å². The van der Waals surface area contributed by atoms with Gasteiger partial charge in [0.15, 0.2) is 0 Å². The van der Waals surface area contributed by atoms with Crippen molar-refractivity contribution in [3.63, 3.8) is 0 Å². The first-order valence-corrected chi connectivity index (χ1v) is 8.36. The van der Waals surface area contributed by atoms with Crippen molar-refractivity contribution in [3.05, 3.63) is 98.2 Å². The lowest BCUT2D eigenvalue weighted by Gasteiger charge is -2.13. The zero-order valence-corrected chi connectivity index (χ0v) is 14.4. The molecule has 3 heterocycles. The SMILES string of the molecule is O=c1c2cccnc2n(Cc2ccc(Cl)cc2)c(=O)n1Cc1ccco1. The number of halogens is 1. The van der Waals surface area contributed by atoms with Crippen LogP contribution in [0.2, 0.25) is 5.02 Å². The Morgan fingerprint density at radius 1 is 0.962 bits per heavy atom. The maximum absolute atomic E-state index is 13.0. The quantitative estimate of drug-likeness (QED) is 0.556. The molecular formula is C19H14ClN3O3. The van der Waals surface area contributed by atoms with Gasteiger partial charge in [0.05, 0.1) is 24.7 Å². The minimum atomic E-state index is -0.437. The monoisotopic (exact) mass is 367 g/mol.